The van der Waals surface area contributed by atoms with E-state index < -0.39 is 6.04 Å². The van der Waals surface area contributed by atoms with Gasteiger partial charge in [-0.1, -0.05) is 51.5 Å². The summed E-state index contributed by atoms with van der Waals surface area (Å²) in [5, 5.41) is 1.97. The molecule has 1 aromatic rings. The summed E-state index contributed by atoms with van der Waals surface area (Å²) in [4.78, 5) is 12.8. The number of unbranched alkanes of at least 4 members (excludes halogenated alkanes) is 6. The first-order valence-corrected chi connectivity index (χ1v) is 7.95. The summed E-state index contributed by atoms with van der Waals surface area (Å²) in [7, 11) is 0. The number of Topliss-reactive ketones (excluding diaryl/α,β-unsaturated/α-hetero) is 1. The Morgan fingerprint density at radius 3 is 2.50 bits per heavy atom. The molecule has 0 amide bonds. The summed E-state index contributed by atoms with van der Waals surface area (Å²) in [6, 6.07) is 3.49. The quantitative estimate of drug-likeness (QED) is 0.636. The maximum Gasteiger partial charge on any atom is 0.154 e. The average molecular weight is 267 g/mol. The largest absolute Gasteiger partial charge is 0.317 e. The fraction of sp³-hybridized carbons (Fsp3) is 0.667. The highest BCUT2D eigenvalue weighted by Crippen LogP contribution is 2.19. The maximum absolute atomic E-state index is 11.9. The molecule has 0 aliphatic heterocycles. The lowest BCUT2D eigenvalue weighted by Crippen LogP contribution is -2.20. The molecule has 102 valence electrons. The first-order valence-electron chi connectivity index (χ1n) is 7.07. The van der Waals surface area contributed by atoms with Gasteiger partial charge in [0.25, 0.3) is 0 Å². The number of ketones is 1. The van der Waals surface area contributed by atoms with Gasteiger partial charge in [-0.15, -0.1) is 11.3 Å². The van der Waals surface area contributed by atoms with Gasteiger partial charge in [-0.2, -0.15) is 0 Å². The van der Waals surface area contributed by atoms with Crippen molar-refractivity contribution in [2.24, 2.45) is 5.73 Å². The number of nitrogens with two attached hydrogens (primary N) is 1. The van der Waals surface area contributed by atoms with Gasteiger partial charge >= 0.3 is 0 Å². The Hall–Kier alpha value is -0.670. The Morgan fingerprint density at radius 1 is 1.22 bits per heavy atom. The van der Waals surface area contributed by atoms with Crippen LogP contribution in [0, 0.1) is 0 Å². The van der Waals surface area contributed by atoms with E-state index in [4.69, 9.17) is 5.73 Å². The summed E-state index contributed by atoms with van der Waals surface area (Å²) in [5.74, 6) is 0.186. The molecule has 3 heteroatoms. The molecular weight excluding hydrogens is 242 g/mol. The van der Waals surface area contributed by atoms with Gasteiger partial charge in [-0.3, -0.25) is 4.79 Å². The van der Waals surface area contributed by atoms with Crippen LogP contribution in [0.4, 0.5) is 0 Å². The van der Waals surface area contributed by atoms with Crippen LogP contribution in [0.5, 0.6) is 0 Å². The molecule has 0 aliphatic rings. The van der Waals surface area contributed by atoms with Gasteiger partial charge < -0.3 is 5.73 Å². The van der Waals surface area contributed by atoms with Crippen LogP contribution in [-0.4, -0.2) is 5.78 Å². The van der Waals surface area contributed by atoms with E-state index in [1.54, 1.807) is 11.3 Å². The van der Waals surface area contributed by atoms with Gasteiger partial charge in [0.15, 0.2) is 5.78 Å². The Kier molecular flexibility index (Phi) is 7.94. The SMILES string of the molecule is CCCCCCCCCC(=O)C(N)c1cccs1. The number of carbonyl (C=O) groups excluding carboxylic acids is 1. The second-order valence-electron chi connectivity index (χ2n) is 4.83. The lowest BCUT2D eigenvalue weighted by Gasteiger charge is -2.08. The van der Waals surface area contributed by atoms with Crippen LogP contribution in [0.25, 0.3) is 0 Å². The first-order chi connectivity index (χ1) is 8.75. The highest BCUT2D eigenvalue weighted by atomic mass is 32.1. The number of thiophene rings is 1. The Morgan fingerprint density at radius 2 is 1.89 bits per heavy atom. The van der Waals surface area contributed by atoms with Crippen molar-refractivity contribution in [3.63, 3.8) is 0 Å². The molecule has 1 unspecified atom stereocenters. The second-order valence-corrected chi connectivity index (χ2v) is 5.81. The van der Waals surface area contributed by atoms with Crippen LogP contribution < -0.4 is 5.73 Å². The smallest absolute Gasteiger partial charge is 0.154 e. The third-order valence-corrected chi connectivity index (χ3v) is 4.18. The van der Waals surface area contributed by atoms with Crippen molar-refractivity contribution < 1.29 is 4.79 Å². The third kappa shape index (κ3) is 5.78. The molecule has 0 saturated heterocycles. The zero-order valence-corrected chi connectivity index (χ0v) is 12.2. The van der Waals surface area contributed by atoms with Crippen molar-refractivity contribution >= 4 is 17.1 Å². The zero-order valence-electron chi connectivity index (χ0n) is 11.4. The molecule has 0 spiro atoms. The molecule has 18 heavy (non-hydrogen) atoms. The second kappa shape index (κ2) is 9.29. The predicted molar refractivity (Wildman–Crippen MR) is 78.9 cm³/mol. The maximum atomic E-state index is 11.9. The molecule has 1 aromatic heterocycles. The minimum absolute atomic E-state index is 0.186. The van der Waals surface area contributed by atoms with Crippen molar-refractivity contribution in [3.05, 3.63) is 22.4 Å². The van der Waals surface area contributed by atoms with Crippen LogP contribution in [0.2, 0.25) is 0 Å². The van der Waals surface area contributed by atoms with E-state index in [1.807, 2.05) is 17.5 Å². The van der Waals surface area contributed by atoms with Crippen LogP contribution in [0.1, 0.15) is 69.2 Å². The normalized spacial score (nSPS) is 12.6. The number of rotatable bonds is 10. The Bertz CT molecular complexity index is 321. The van der Waals surface area contributed by atoms with Gasteiger partial charge in [0.2, 0.25) is 0 Å². The van der Waals surface area contributed by atoms with Crippen LogP contribution >= 0.6 is 11.3 Å². The summed E-state index contributed by atoms with van der Waals surface area (Å²) < 4.78 is 0. The molecule has 1 rings (SSSR count). The number of hydrogen-bond acceptors (Lipinski definition) is 3. The standard InChI is InChI=1S/C15H25NOS/c1-2-3-4-5-6-7-8-10-13(17)15(16)14-11-9-12-18-14/h9,11-12,15H,2-8,10,16H2,1H3. The zero-order chi connectivity index (χ0) is 13.2. The van der Waals surface area contributed by atoms with Crippen LogP contribution in [-0.2, 0) is 4.79 Å². The minimum Gasteiger partial charge on any atom is -0.317 e. The summed E-state index contributed by atoms with van der Waals surface area (Å²) in [5.41, 5.74) is 5.92. The monoisotopic (exact) mass is 267 g/mol. The van der Waals surface area contributed by atoms with Crippen molar-refractivity contribution in [1.82, 2.24) is 0 Å². The average Bonchev–Trinajstić information content (AvgIpc) is 2.90. The molecular formula is C15H25NOS. The Labute approximate surface area is 115 Å². The molecule has 0 saturated carbocycles. The summed E-state index contributed by atoms with van der Waals surface area (Å²) in [6.07, 6.45) is 9.29. The lowest BCUT2D eigenvalue weighted by molar-refractivity contribution is -0.120. The lowest BCUT2D eigenvalue weighted by atomic mass is 10.0. The van der Waals surface area contributed by atoms with Gasteiger partial charge in [-0.05, 0) is 17.9 Å². The Balaban J connectivity index is 2.07. The van der Waals surface area contributed by atoms with Crippen LogP contribution in [0.3, 0.4) is 0 Å². The molecule has 1 heterocycles. The molecule has 2 nitrogen and oxygen atoms in total. The van der Waals surface area contributed by atoms with E-state index in [0.29, 0.717) is 6.42 Å². The minimum atomic E-state index is -0.398. The number of carbonyl (C=O) groups is 1. The summed E-state index contributed by atoms with van der Waals surface area (Å²) in [6.45, 7) is 2.23. The third-order valence-electron chi connectivity index (χ3n) is 3.22. The molecule has 2 N–H and O–H groups in total. The molecule has 0 aromatic carbocycles. The van der Waals surface area contributed by atoms with E-state index >= 15 is 0 Å². The topological polar surface area (TPSA) is 43.1 Å². The first kappa shape index (κ1) is 15.4. The van der Waals surface area contributed by atoms with E-state index in [9.17, 15) is 4.79 Å². The van der Waals surface area contributed by atoms with E-state index in [1.165, 1.54) is 32.1 Å². The molecule has 0 bridgehead atoms. The highest BCUT2D eigenvalue weighted by Gasteiger charge is 2.15. The van der Waals surface area contributed by atoms with Crippen molar-refractivity contribution in [2.75, 3.05) is 0 Å². The van der Waals surface area contributed by atoms with Gasteiger partial charge in [0.05, 0.1) is 6.04 Å². The van der Waals surface area contributed by atoms with Crippen molar-refractivity contribution in [1.29, 1.82) is 0 Å². The molecule has 1 atom stereocenters. The fourth-order valence-corrected chi connectivity index (χ4v) is 2.79. The van der Waals surface area contributed by atoms with Crippen LogP contribution in [0.15, 0.2) is 17.5 Å². The number of hydrogen-bond donors (Lipinski definition) is 1. The molecule has 0 fully saturated rings. The van der Waals surface area contributed by atoms with E-state index in [0.717, 1.165) is 17.7 Å². The van der Waals surface area contributed by atoms with Crippen molar-refractivity contribution in [2.45, 2.75) is 64.3 Å². The molecule has 0 aliphatic carbocycles. The van der Waals surface area contributed by atoms with E-state index in [-0.39, 0.29) is 5.78 Å². The van der Waals surface area contributed by atoms with Gasteiger partial charge in [-0.25, -0.2) is 0 Å². The highest BCUT2D eigenvalue weighted by molar-refractivity contribution is 7.10. The molecule has 0 radical (unpaired) electrons. The predicted octanol–water partition coefficient (Wildman–Crippen LogP) is 4.46. The van der Waals surface area contributed by atoms with Crippen molar-refractivity contribution in [3.8, 4) is 0 Å². The van der Waals surface area contributed by atoms with Gasteiger partial charge in [0, 0.05) is 11.3 Å². The van der Waals surface area contributed by atoms with E-state index in [2.05, 4.69) is 6.92 Å². The summed E-state index contributed by atoms with van der Waals surface area (Å²) >= 11 is 1.57. The van der Waals surface area contributed by atoms with Gasteiger partial charge in [0.1, 0.15) is 0 Å². The fourth-order valence-electron chi connectivity index (χ4n) is 2.04.